The van der Waals surface area contributed by atoms with Crippen LogP contribution in [0.1, 0.15) is 5.69 Å². The molecule has 2 rings (SSSR count). The zero-order valence-corrected chi connectivity index (χ0v) is 8.53. The van der Waals surface area contributed by atoms with Gasteiger partial charge in [-0.15, -0.1) is 21.6 Å². The maximum absolute atomic E-state index is 4.18. The highest BCUT2D eigenvalue weighted by molar-refractivity contribution is 7.13. The van der Waals surface area contributed by atoms with E-state index in [-0.39, 0.29) is 0 Å². The average Bonchev–Trinajstić information content (AvgIpc) is 2.63. The van der Waals surface area contributed by atoms with Crippen molar-refractivity contribution in [2.24, 2.45) is 10.2 Å². The quantitative estimate of drug-likeness (QED) is 0.683. The molecule has 0 aliphatic carbocycles. The maximum atomic E-state index is 4.18. The summed E-state index contributed by atoms with van der Waals surface area (Å²) >= 11 is 1.50. The molecule has 14 heavy (non-hydrogen) atoms. The van der Waals surface area contributed by atoms with Gasteiger partial charge in [0.15, 0.2) is 0 Å². The third-order valence-electron chi connectivity index (χ3n) is 1.61. The Bertz CT molecular complexity index is 434. The fraction of sp³-hybridized carbons (Fsp3) is 0.100. The number of thiazole rings is 1. The number of aryl methyl sites for hydroxylation is 1. The fourth-order valence-electron chi connectivity index (χ4n) is 0.983. The molecule has 0 saturated carbocycles. The minimum Gasteiger partial charge on any atom is -0.222 e. The number of hydrogen-bond acceptors (Lipinski definition) is 4. The third-order valence-corrected chi connectivity index (χ3v) is 2.46. The largest absolute Gasteiger partial charge is 0.230 e. The molecule has 0 bridgehead atoms. The minimum absolute atomic E-state index is 0.700. The first-order valence-electron chi connectivity index (χ1n) is 4.23. The smallest absolute Gasteiger partial charge is 0.222 e. The summed E-state index contributed by atoms with van der Waals surface area (Å²) in [6, 6.07) is 9.63. The molecule has 1 heterocycles. The summed E-state index contributed by atoms with van der Waals surface area (Å²) in [6.07, 6.45) is 0. The molecule has 2 aromatic rings. The molecule has 0 aliphatic heterocycles. The number of aromatic nitrogens is 1. The summed E-state index contributed by atoms with van der Waals surface area (Å²) in [7, 11) is 0. The van der Waals surface area contributed by atoms with Crippen molar-refractivity contribution in [3.05, 3.63) is 41.4 Å². The van der Waals surface area contributed by atoms with E-state index in [0.29, 0.717) is 5.13 Å². The van der Waals surface area contributed by atoms with E-state index < -0.39 is 0 Å². The van der Waals surface area contributed by atoms with Crippen molar-refractivity contribution >= 4 is 22.2 Å². The zero-order chi connectivity index (χ0) is 9.80. The lowest BCUT2D eigenvalue weighted by atomic mass is 10.3. The first-order chi connectivity index (χ1) is 6.84. The van der Waals surface area contributed by atoms with Gasteiger partial charge in [-0.05, 0) is 19.1 Å². The van der Waals surface area contributed by atoms with Gasteiger partial charge in [0.2, 0.25) is 5.13 Å². The van der Waals surface area contributed by atoms with Crippen LogP contribution in [0.5, 0.6) is 0 Å². The molecule has 0 aliphatic rings. The molecule has 0 fully saturated rings. The molecule has 70 valence electrons. The lowest BCUT2D eigenvalue weighted by Gasteiger charge is -1.87. The highest BCUT2D eigenvalue weighted by Crippen LogP contribution is 2.21. The van der Waals surface area contributed by atoms with Gasteiger partial charge in [0.05, 0.1) is 11.4 Å². The van der Waals surface area contributed by atoms with Crippen molar-refractivity contribution in [2.45, 2.75) is 6.92 Å². The van der Waals surface area contributed by atoms with Crippen molar-refractivity contribution in [3.63, 3.8) is 0 Å². The predicted molar refractivity (Wildman–Crippen MR) is 57.5 cm³/mol. The fourth-order valence-corrected chi connectivity index (χ4v) is 1.60. The summed E-state index contributed by atoms with van der Waals surface area (Å²) in [5.41, 5.74) is 1.83. The zero-order valence-electron chi connectivity index (χ0n) is 7.71. The van der Waals surface area contributed by atoms with Gasteiger partial charge >= 0.3 is 0 Å². The first kappa shape index (κ1) is 9.02. The number of azo groups is 1. The Hall–Kier alpha value is -1.55. The standard InChI is InChI=1S/C10H9N3S/c1-8-7-14-10(11-8)13-12-9-5-3-2-4-6-9/h2-7H,1H3/b13-12+. The predicted octanol–water partition coefficient (Wildman–Crippen LogP) is 3.87. The van der Waals surface area contributed by atoms with Crippen LogP contribution in [0.2, 0.25) is 0 Å². The minimum atomic E-state index is 0.700. The highest BCUT2D eigenvalue weighted by Gasteiger charge is 1.94. The molecular formula is C10H9N3S. The third kappa shape index (κ3) is 2.23. The molecule has 0 N–H and O–H groups in total. The highest BCUT2D eigenvalue weighted by atomic mass is 32.1. The van der Waals surface area contributed by atoms with Crippen LogP contribution in [0.4, 0.5) is 10.8 Å². The van der Waals surface area contributed by atoms with E-state index in [1.807, 2.05) is 42.6 Å². The molecule has 1 aromatic heterocycles. The molecule has 0 amide bonds. The van der Waals surface area contributed by atoms with Crippen molar-refractivity contribution in [3.8, 4) is 0 Å². The molecular weight excluding hydrogens is 194 g/mol. The Morgan fingerprint density at radius 3 is 2.57 bits per heavy atom. The number of hydrogen-bond donors (Lipinski definition) is 0. The van der Waals surface area contributed by atoms with Gasteiger partial charge in [0, 0.05) is 5.38 Å². The van der Waals surface area contributed by atoms with E-state index in [9.17, 15) is 0 Å². The lowest BCUT2D eigenvalue weighted by Crippen LogP contribution is -1.65. The molecule has 0 atom stereocenters. The topological polar surface area (TPSA) is 37.6 Å². The van der Waals surface area contributed by atoms with Gasteiger partial charge in [-0.1, -0.05) is 18.2 Å². The van der Waals surface area contributed by atoms with E-state index in [1.54, 1.807) is 0 Å². The monoisotopic (exact) mass is 203 g/mol. The number of nitrogens with zero attached hydrogens (tertiary/aromatic N) is 3. The van der Waals surface area contributed by atoms with Crippen LogP contribution in [0.15, 0.2) is 45.9 Å². The Kier molecular flexibility index (Phi) is 2.65. The molecule has 0 radical (unpaired) electrons. The van der Waals surface area contributed by atoms with Crippen LogP contribution in [-0.2, 0) is 0 Å². The van der Waals surface area contributed by atoms with Crippen molar-refractivity contribution in [1.29, 1.82) is 0 Å². The second kappa shape index (κ2) is 4.11. The van der Waals surface area contributed by atoms with E-state index in [1.165, 1.54) is 11.3 Å². The maximum Gasteiger partial charge on any atom is 0.230 e. The summed E-state index contributed by atoms with van der Waals surface area (Å²) in [4.78, 5) is 4.18. The van der Waals surface area contributed by atoms with Crippen molar-refractivity contribution in [1.82, 2.24) is 4.98 Å². The Morgan fingerprint density at radius 2 is 1.93 bits per heavy atom. The Morgan fingerprint density at radius 1 is 1.14 bits per heavy atom. The first-order valence-corrected chi connectivity index (χ1v) is 5.11. The molecule has 0 spiro atoms. The second-order valence-corrected chi connectivity index (χ2v) is 3.64. The Labute approximate surface area is 86.2 Å². The van der Waals surface area contributed by atoms with E-state index in [0.717, 1.165) is 11.4 Å². The number of benzene rings is 1. The summed E-state index contributed by atoms with van der Waals surface area (Å²) in [6.45, 7) is 1.94. The van der Waals surface area contributed by atoms with Crippen LogP contribution in [0.25, 0.3) is 0 Å². The van der Waals surface area contributed by atoms with Crippen LogP contribution >= 0.6 is 11.3 Å². The summed E-state index contributed by atoms with van der Waals surface area (Å²) in [5.74, 6) is 0. The lowest BCUT2D eigenvalue weighted by molar-refractivity contribution is 1.16. The molecule has 4 heteroatoms. The molecule has 0 saturated heterocycles. The number of rotatable bonds is 2. The van der Waals surface area contributed by atoms with Crippen LogP contribution in [-0.4, -0.2) is 4.98 Å². The van der Waals surface area contributed by atoms with Gasteiger partial charge in [-0.25, -0.2) is 4.98 Å². The van der Waals surface area contributed by atoms with Gasteiger partial charge in [0.25, 0.3) is 0 Å². The summed E-state index contributed by atoms with van der Waals surface area (Å²) in [5, 5.41) is 10.8. The normalized spacial score (nSPS) is 10.9. The van der Waals surface area contributed by atoms with Crippen LogP contribution < -0.4 is 0 Å². The van der Waals surface area contributed by atoms with Gasteiger partial charge < -0.3 is 0 Å². The molecule has 0 unspecified atom stereocenters. The van der Waals surface area contributed by atoms with Gasteiger partial charge in [-0.2, -0.15) is 0 Å². The van der Waals surface area contributed by atoms with Crippen LogP contribution in [0, 0.1) is 6.92 Å². The van der Waals surface area contributed by atoms with Gasteiger partial charge in [0.1, 0.15) is 0 Å². The van der Waals surface area contributed by atoms with Gasteiger partial charge in [-0.3, -0.25) is 0 Å². The van der Waals surface area contributed by atoms with E-state index in [4.69, 9.17) is 0 Å². The van der Waals surface area contributed by atoms with E-state index in [2.05, 4.69) is 15.2 Å². The van der Waals surface area contributed by atoms with E-state index >= 15 is 0 Å². The average molecular weight is 203 g/mol. The second-order valence-electron chi connectivity index (χ2n) is 2.81. The SMILES string of the molecule is Cc1csc(/N=N/c2ccccc2)n1. The van der Waals surface area contributed by atoms with Crippen LogP contribution in [0.3, 0.4) is 0 Å². The Balaban J connectivity index is 2.15. The van der Waals surface area contributed by atoms with Crippen molar-refractivity contribution < 1.29 is 0 Å². The summed E-state index contributed by atoms with van der Waals surface area (Å²) < 4.78 is 0. The molecule has 1 aromatic carbocycles. The van der Waals surface area contributed by atoms with Crippen molar-refractivity contribution in [2.75, 3.05) is 0 Å². The molecule has 3 nitrogen and oxygen atoms in total.